The summed E-state index contributed by atoms with van der Waals surface area (Å²) in [4.78, 5) is 31.4. The third-order valence-corrected chi connectivity index (χ3v) is 4.84. The molecule has 128 valence electrons. The second-order valence-electron chi connectivity index (χ2n) is 5.61. The molecule has 0 bridgehead atoms. The van der Waals surface area contributed by atoms with Crippen LogP contribution in [-0.4, -0.2) is 10.9 Å². The van der Waals surface area contributed by atoms with Gasteiger partial charge in [0.15, 0.2) is 0 Å². The Morgan fingerprint density at radius 3 is 2.81 bits per heavy atom. The average Bonchev–Trinajstić information content (AvgIpc) is 2.94. The van der Waals surface area contributed by atoms with Crippen molar-refractivity contribution in [3.63, 3.8) is 0 Å². The molecule has 5 nitrogen and oxygen atoms in total. The largest absolute Gasteiger partial charge is 0.340 e. The Balaban J connectivity index is 1.75. The smallest absolute Gasteiger partial charge is 0.306 e. The normalized spacial score (nSPS) is 14.5. The van der Waals surface area contributed by atoms with Crippen LogP contribution in [0.25, 0.3) is 12.2 Å². The number of H-pyrrole nitrogens is 1. The Morgan fingerprint density at radius 1 is 1.12 bits per heavy atom. The van der Waals surface area contributed by atoms with Crippen LogP contribution in [0.3, 0.4) is 0 Å². The Kier molecular flexibility index (Phi) is 4.28. The highest BCUT2D eigenvalue weighted by Crippen LogP contribution is 2.25. The number of amides is 1. The molecule has 1 aromatic heterocycles. The summed E-state index contributed by atoms with van der Waals surface area (Å²) in [5.74, 6) is 0.174. The highest BCUT2D eigenvalue weighted by atomic mass is 35.5. The van der Waals surface area contributed by atoms with Gasteiger partial charge in [-0.3, -0.25) is 14.6 Å². The predicted octanol–water partition coefficient (Wildman–Crippen LogP) is 2.86. The fourth-order valence-corrected chi connectivity index (χ4v) is 3.54. The van der Waals surface area contributed by atoms with E-state index in [9.17, 15) is 9.59 Å². The van der Waals surface area contributed by atoms with Gasteiger partial charge in [-0.05, 0) is 36.4 Å². The number of hydrogen-bond donors (Lipinski definition) is 2. The van der Waals surface area contributed by atoms with Crippen LogP contribution in [0.5, 0.6) is 0 Å². The summed E-state index contributed by atoms with van der Waals surface area (Å²) in [5.41, 5.74) is 1.16. The molecule has 26 heavy (non-hydrogen) atoms. The molecule has 7 heteroatoms. The van der Waals surface area contributed by atoms with Crippen LogP contribution in [0.1, 0.15) is 4.88 Å². The molecule has 0 spiro atoms. The Morgan fingerprint density at radius 2 is 1.96 bits per heavy atom. The van der Waals surface area contributed by atoms with Crippen LogP contribution in [0.15, 0.2) is 63.9 Å². The van der Waals surface area contributed by atoms with Crippen molar-refractivity contribution in [3.05, 3.63) is 84.2 Å². The fraction of sp³-hybridized carbons (Fsp3) is 0. The molecule has 4 rings (SSSR count). The lowest BCUT2D eigenvalue weighted by Crippen LogP contribution is -2.29. The number of nitrogens with one attached hydrogen (secondary N) is 2. The van der Waals surface area contributed by atoms with Gasteiger partial charge in [0.2, 0.25) is 0 Å². The lowest BCUT2D eigenvalue weighted by atomic mass is 10.1. The highest BCUT2D eigenvalue weighted by Gasteiger charge is 2.13. The second kappa shape index (κ2) is 6.74. The van der Waals surface area contributed by atoms with Crippen molar-refractivity contribution in [2.45, 2.75) is 0 Å². The highest BCUT2D eigenvalue weighted by molar-refractivity contribution is 7.10. The topological polar surface area (TPSA) is 74.3 Å². The van der Waals surface area contributed by atoms with Crippen LogP contribution in [0.4, 0.5) is 11.5 Å². The summed E-state index contributed by atoms with van der Waals surface area (Å²) in [6.45, 7) is 0. The lowest BCUT2D eigenvalue weighted by molar-refractivity contribution is -0.114. The van der Waals surface area contributed by atoms with Crippen LogP contribution >= 0.6 is 22.9 Å². The van der Waals surface area contributed by atoms with Crippen molar-refractivity contribution < 1.29 is 4.79 Å². The van der Waals surface area contributed by atoms with Gasteiger partial charge in [-0.2, -0.15) is 0 Å². The van der Waals surface area contributed by atoms with Crippen molar-refractivity contribution in [2.75, 3.05) is 5.32 Å². The monoisotopic (exact) mass is 381 g/mol. The number of thiazole rings is 1. The van der Waals surface area contributed by atoms with Crippen molar-refractivity contribution in [1.82, 2.24) is 4.98 Å². The van der Waals surface area contributed by atoms with Gasteiger partial charge < -0.3 is 5.32 Å². The van der Waals surface area contributed by atoms with E-state index in [0.29, 0.717) is 26.6 Å². The first-order chi connectivity index (χ1) is 12.6. The van der Waals surface area contributed by atoms with E-state index >= 15 is 0 Å². The van der Waals surface area contributed by atoms with Crippen LogP contribution in [0.2, 0.25) is 5.02 Å². The first-order valence-electron chi connectivity index (χ1n) is 7.76. The van der Waals surface area contributed by atoms with Crippen molar-refractivity contribution >= 4 is 52.5 Å². The lowest BCUT2D eigenvalue weighted by Gasteiger charge is -2.06. The maximum Gasteiger partial charge on any atom is 0.306 e. The number of anilines is 2. The minimum Gasteiger partial charge on any atom is -0.340 e. The summed E-state index contributed by atoms with van der Waals surface area (Å²) in [5, 5.41) is 5.22. The van der Waals surface area contributed by atoms with Crippen LogP contribution < -0.4 is 20.8 Å². The maximum atomic E-state index is 12.3. The van der Waals surface area contributed by atoms with E-state index in [1.807, 2.05) is 30.3 Å². The molecule has 2 aromatic carbocycles. The van der Waals surface area contributed by atoms with Gasteiger partial charge in [0, 0.05) is 21.5 Å². The molecule has 0 aliphatic carbocycles. The molecule has 0 unspecified atom stereocenters. The van der Waals surface area contributed by atoms with E-state index in [2.05, 4.69) is 15.3 Å². The summed E-state index contributed by atoms with van der Waals surface area (Å²) < 4.78 is 0. The van der Waals surface area contributed by atoms with Crippen molar-refractivity contribution in [1.29, 1.82) is 0 Å². The zero-order chi connectivity index (χ0) is 18.1. The molecule has 1 aliphatic rings. The number of aromatic nitrogens is 1. The van der Waals surface area contributed by atoms with Gasteiger partial charge in [0.1, 0.15) is 5.82 Å². The second-order valence-corrected chi connectivity index (χ2v) is 7.06. The number of nitrogens with zero attached hydrogens (tertiary/aromatic N) is 1. The third-order valence-electron chi connectivity index (χ3n) is 3.77. The fourth-order valence-electron chi connectivity index (χ4n) is 2.60. The minimum atomic E-state index is -0.335. The number of carbonyl (C=O) groups excluding carboxylic acids is 1. The molecule has 0 saturated carbocycles. The third kappa shape index (κ3) is 3.37. The molecule has 3 aromatic rings. The number of para-hydroxylation sites is 1. The molecule has 1 amide bonds. The van der Waals surface area contributed by atoms with Gasteiger partial charge in [-0.15, -0.1) is 0 Å². The number of carbonyl (C=O) groups is 1. The standard InChI is InChI=1S/C19H12ClN3O2S/c20-13-5-3-6-14(10-13)21-17-16(26-19(25)23-17)9-12-8-11-4-1-2-7-15(11)22-18(12)24/h1-10,21H,(H,23,25). The Hall–Kier alpha value is -2.96. The van der Waals surface area contributed by atoms with E-state index in [0.717, 1.165) is 22.2 Å². The number of aromatic amines is 1. The Labute approximate surface area is 157 Å². The first-order valence-corrected chi connectivity index (χ1v) is 8.95. The molecule has 0 atom stereocenters. The molecule has 1 aliphatic heterocycles. The van der Waals surface area contributed by atoms with Gasteiger partial charge >= 0.3 is 4.87 Å². The average molecular weight is 382 g/mol. The number of hydrogen-bond acceptors (Lipinski definition) is 4. The van der Waals surface area contributed by atoms with Crippen molar-refractivity contribution in [2.24, 2.45) is 4.99 Å². The maximum absolute atomic E-state index is 12.3. The molecule has 0 saturated heterocycles. The molecule has 2 heterocycles. The van der Waals surface area contributed by atoms with Gasteiger partial charge in [-0.25, -0.2) is 4.99 Å². The quantitative estimate of drug-likeness (QED) is 0.685. The molecule has 0 radical (unpaired) electrons. The SMILES string of the molecule is O=C1N=c2ccccc2=CC1=Cc1sc(=O)[nH]c1Nc1cccc(Cl)c1. The molecular weight excluding hydrogens is 370 g/mol. The van der Waals surface area contributed by atoms with E-state index in [1.165, 1.54) is 0 Å². The molecular formula is C19H12ClN3O2S. The summed E-state index contributed by atoms with van der Waals surface area (Å²) in [6, 6.07) is 14.6. The van der Waals surface area contributed by atoms with Crippen LogP contribution in [-0.2, 0) is 4.79 Å². The molecule has 2 N–H and O–H groups in total. The zero-order valence-corrected chi connectivity index (χ0v) is 14.9. The van der Waals surface area contributed by atoms with Crippen molar-refractivity contribution in [3.8, 4) is 0 Å². The number of halogens is 1. The van der Waals surface area contributed by atoms with Gasteiger partial charge in [0.05, 0.1) is 10.2 Å². The summed E-state index contributed by atoms with van der Waals surface area (Å²) in [6.07, 6.45) is 3.44. The number of rotatable bonds is 3. The Bertz CT molecular complexity index is 1220. The van der Waals surface area contributed by atoms with Crippen LogP contribution in [0, 0.1) is 0 Å². The minimum absolute atomic E-state index is 0.220. The number of benzene rings is 2. The summed E-state index contributed by atoms with van der Waals surface area (Å²) >= 11 is 7.01. The van der Waals surface area contributed by atoms with Gasteiger partial charge in [0.25, 0.3) is 5.91 Å². The summed E-state index contributed by atoms with van der Waals surface area (Å²) in [7, 11) is 0. The van der Waals surface area contributed by atoms with E-state index in [4.69, 9.17) is 11.6 Å². The predicted molar refractivity (Wildman–Crippen MR) is 104 cm³/mol. The van der Waals surface area contributed by atoms with E-state index in [-0.39, 0.29) is 10.8 Å². The first kappa shape index (κ1) is 16.5. The number of fused-ring (bicyclic) bond motifs is 1. The van der Waals surface area contributed by atoms with E-state index < -0.39 is 0 Å². The zero-order valence-electron chi connectivity index (χ0n) is 13.3. The van der Waals surface area contributed by atoms with E-state index in [1.54, 1.807) is 30.4 Å². The van der Waals surface area contributed by atoms with Gasteiger partial charge in [-0.1, -0.05) is 47.2 Å². The molecule has 0 fully saturated rings.